The molecule has 0 spiro atoms. The highest BCUT2D eigenvalue weighted by Crippen LogP contribution is 2.33. The molecule has 1 saturated carbocycles. The van der Waals surface area contributed by atoms with Crippen LogP contribution in [0.5, 0.6) is 11.5 Å². The molecule has 2 aromatic rings. The molecule has 0 aliphatic heterocycles. The molecule has 8 heteroatoms. The number of carbonyl (C=O) groups is 1. The van der Waals surface area contributed by atoms with Crippen molar-refractivity contribution < 1.29 is 31.8 Å². The zero-order valence-corrected chi connectivity index (χ0v) is 22.5. The van der Waals surface area contributed by atoms with Gasteiger partial charge in [0.05, 0.1) is 6.61 Å². The van der Waals surface area contributed by atoms with Gasteiger partial charge in [0.2, 0.25) is 0 Å². The second kappa shape index (κ2) is 15.5. The summed E-state index contributed by atoms with van der Waals surface area (Å²) in [6.07, 6.45) is 16.1. The van der Waals surface area contributed by atoms with E-state index >= 15 is 0 Å². The van der Waals surface area contributed by atoms with Crippen LogP contribution in [0.4, 0.5) is 17.6 Å². The molecule has 4 nitrogen and oxygen atoms in total. The van der Waals surface area contributed by atoms with Crippen molar-refractivity contribution in [1.29, 1.82) is 5.26 Å². The number of benzene rings is 2. The van der Waals surface area contributed by atoms with E-state index in [0.717, 1.165) is 43.7 Å². The molecule has 212 valence electrons. The van der Waals surface area contributed by atoms with Gasteiger partial charge in [0.1, 0.15) is 52.0 Å². The van der Waals surface area contributed by atoms with Crippen molar-refractivity contribution in [1.82, 2.24) is 0 Å². The number of esters is 1. The lowest BCUT2D eigenvalue weighted by Crippen LogP contribution is -2.20. The summed E-state index contributed by atoms with van der Waals surface area (Å²) in [6.45, 7) is 2.56. The van der Waals surface area contributed by atoms with Crippen LogP contribution >= 0.6 is 0 Å². The van der Waals surface area contributed by atoms with E-state index < -0.39 is 46.1 Å². The van der Waals surface area contributed by atoms with Gasteiger partial charge in [-0.25, -0.2) is 22.4 Å². The Morgan fingerprint density at radius 3 is 1.87 bits per heavy atom. The molecule has 3 rings (SSSR count). The second-order valence-electron chi connectivity index (χ2n) is 10.5. The summed E-state index contributed by atoms with van der Waals surface area (Å²) in [6, 6.07) is 4.31. The van der Waals surface area contributed by atoms with Crippen LogP contribution < -0.4 is 9.47 Å². The summed E-state index contributed by atoms with van der Waals surface area (Å²) < 4.78 is 67.1. The van der Waals surface area contributed by atoms with Crippen molar-refractivity contribution in [2.45, 2.75) is 90.4 Å². The van der Waals surface area contributed by atoms with Crippen LogP contribution in [0.15, 0.2) is 24.3 Å². The van der Waals surface area contributed by atoms with E-state index in [9.17, 15) is 22.4 Å². The molecule has 1 aliphatic carbocycles. The lowest BCUT2D eigenvalue weighted by molar-refractivity contribution is 0.0723. The van der Waals surface area contributed by atoms with E-state index in [1.165, 1.54) is 63.9 Å². The van der Waals surface area contributed by atoms with E-state index in [1.807, 2.05) is 0 Å². The first-order valence-electron chi connectivity index (χ1n) is 14.1. The first-order valence-corrected chi connectivity index (χ1v) is 14.1. The van der Waals surface area contributed by atoms with Gasteiger partial charge in [-0.05, 0) is 24.7 Å². The van der Waals surface area contributed by atoms with Crippen LogP contribution in [0.2, 0.25) is 0 Å². The Balaban J connectivity index is 1.42. The third-order valence-corrected chi connectivity index (χ3v) is 7.48. The summed E-state index contributed by atoms with van der Waals surface area (Å²) in [5, 5.41) is 8.71. The number of carbonyl (C=O) groups excluding carboxylic acids is 1. The Morgan fingerprint density at radius 2 is 1.31 bits per heavy atom. The molecular weight excluding hydrogens is 510 g/mol. The van der Waals surface area contributed by atoms with E-state index in [2.05, 4.69) is 6.92 Å². The summed E-state index contributed by atoms with van der Waals surface area (Å²) in [7, 11) is 0. The first-order chi connectivity index (χ1) is 18.8. The monoisotopic (exact) mass is 547 g/mol. The molecule has 39 heavy (non-hydrogen) atoms. The van der Waals surface area contributed by atoms with E-state index in [0.29, 0.717) is 24.7 Å². The van der Waals surface area contributed by atoms with Crippen molar-refractivity contribution in [2.24, 2.45) is 11.8 Å². The third-order valence-electron chi connectivity index (χ3n) is 7.48. The van der Waals surface area contributed by atoms with Crippen LogP contribution in [-0.2, 0) is 0 Å². The fourth-order valence-electron chi connectivity index (χ4n) is 5.17. The highest BCUT2D eigenvalue weighted by atomic mass is 19.1. The SMILES string of the molecule is CCCCCCCCCCC1CCC(COc2cc(F)c(C(=O)Oc3cc(F)c(C#N)c(F)c3)c(F)c2)CC1. The van der Waals surface area contributed by atoms with Gasteiger partial charge < -0.3 is 9.47 Å². The maximum absolute atomic E-state index is 14.6. The largest absolute Gasteiger partial charge is 0.493 e. The Bertz CT molecular complexity index is 1090. The molecule has 0 heterocycles. The maximum atomic E-state index is 14.6. The van der Waals surface area contributed by atoms with Gasteiger partial charge in [-0.1, -0.05) is 77.6 Å². The number of nitriles is 1. The highest BCUT2D eigenvalue weighted by molar-refractivity contribution is 5.91. The molecule has 1 fully saturated rings. The van der Waals surface area contributed by atoms with Crippen LogP contribution in [0, 0.1) is 46.4 Å². The number of nitrogens with zero attached hydrogens (tertiary/aromatic N) is 1. The summed E-state index contributed by atoms with van der Waals surface area (Å²) in [5.41, 5.74) is -1.86. The van der Waals surface area contributed by atoms with E-state index in [4.69, 9.17) is 14.7 Å². The second-order valence-corrected chi connectivity index (χ2v) is 10.5. The number of halogens is 4. The predicted octanol–water partition coefficient (Wildman–Crippen LogP) is 9.05. The standard InChI is InChI=1S/C31H37F4NO3/c1-2-3-4-5-6-7-8-9-10-21-11-13-22(14-12-21)20-38-23-15-28(34)30(29(35)16-23)31(37)39-24-17-26(32)25(19-36)27(33)18-24/h15-18,21-22H,2-14,20H2,1H3. The average Bonchev–Trinajstić information content (AvgIpc) is 2.89. The Labute approximate surface area is 228 Å². The lowest BCUT2D eigenvalue weighted by atomic mass is 9.80. The predicted molar refractivity (Wildman–Crippen MR) is 141 cm³/mol. The molecule has 0 bridgehead atoms. The molecule has 2 aromatic carbocycles. The average molecular weight is 548 g/mol. The van der Waals surface area contributed by atoms with Gasteiger partial charge >= 0.3 is 5.97 Å². The minimum absolute atomic E-state index is 0.0435. The number of hydrogen-bond donors (Lipinski definition) is 0. The smallest absolute Gasteiger partial charge is 0.349 e. The van der Waals surface area contributed by atoms with Crippen molar-refractivity contribution in [3.8, 4) is 17.6 Å². The molecule has 0 N–H and O–H groups in total. The van der Waals surface area contributed by atoms with Crippen molar-refractivity contribution in [3.63, 3.8) is 0 Å². The van der Waals surface area contributed by atoms with Gasteiger partial charge in [0, 0.05) is 24.3 Å². The number of hydrogen-bond acceptors (Lipinski definition) is 4. The summed E-state index contributed by atoms with van der Waals surface area (Å²) in [4.78, 5) is 12.3. The highest BCUT2D eigenvalue weighted by Gasteiger charge is 2.24. The van der Waals surface area contributed by atoms with Gasteiger partial charge in [0.15, 0.2) is 0 Å². The molecular formula is C31H37F4NO3. The first kappa shape index (κ1) is 30.5. The molecule has 1 aliphatic rings. The fourth-order valence-corrected chi connectivity index (χ4v) is 5.17. The van der Waals surface area contributed by atoms with Crippen molar-refractivity contribution in [2.75, 3.05) is 6.61 Å². The minimum Gasteiger partial charge on any atom is -0.493 e. The quantitative estimate of drug-likeness (QED) is 0.102. The molecule has 0 amide bonds. The van der Waals surface area contributed by atoms with Crippen LogP contribution in [-0.4, -0.2) is 12.6 Å². The van der Waals surface area contributed by atoms with Crippen LogP contribution in [0.1, 0.15) is 106 Å². The molecule has 0 unspecified atom stereocenters. The Morgan fingerprint density at radius 1 is 0.795 bits per heavy atom. The van der Waals surface area contributed by atoms with Crippen molar-refractivity contribution in [3.05, 3.63) is 58.7 Å². The number of ether oxygens (including phenoxy) is 2. The molecule has 0 saturated heterocycles. The topological polar surface area (TPSA) is 59.3 Å². The fraction of sp³-hybridized carbons (Fsp3) is 0.548. The van der Waals surface area contributed by atoms with Gasteiger partial charge in [-0.3, -0.25) is 0 Å². The Hall–Kier alpha value is -3.08. The van der Waals surface area contributed by atoms with Crippen LogP contribution in [0.3, 0.4) is 0 Å². The third kappa shape index (κ3) is 9.26. The van der Waals surface area contributed by atoms with Gasteiger partial charge in [-0.15, -0.1) is 0 Å². The van der Waals surface area contributed by atoms with Gasteiger partial charge in [0.25, 0.3) is 0 Å². The normalized spacial score (nSPS) is 17.0. The van der Waals surface area contributed by atoms with Crippen LogP contribution in [0.25, 0.3) is 0 Å². The summed E-state index contributed by atoms with van der Waals surface area (Å²) in [5.74, 6) is -6.02. The van der Waals surface area contributed by atoms with E-state index in [-0.39, 0.29) is 5.75 Å². The minimum atomic E-state index is -1.46. The van der Waals surface area contributed by atoms with Crippen molar-refractivity contribution >= 4 is 5.97 Å². The summed E-state index contributed by atoms with van der Waals surface area (Å²) >= 11 is 0. The number of unbranched alkanes of at least 4 members (excludes halogenated alkanes) is 7. The zero-order valence-electron chi connectivity index (χ0n) is 22.5. The number of rotatable bonds is 14. The lowest BCUT2D eigenvalue weighted by Gasteiger charge is -2.28. The molecule has 0 radical (unpaired) electrons. The maximum Gasteiger partial charge on any atom is 0.349 e. The molecule has 0 atom stereocenters. The van der Waals surface area contributed by atoms with E-state index in [1.54, 1.807) is 0 Å². The Kier molecular flexibility index (Phi) is 12.1. The van der Waals surface area contributed by atoms with Gasteiger partial charge in [-0.2, -0.15) is 5.26 Å². The molecule has 0 aromatic heterocycles. The zero-order chi connectivity index (χ0) is 28.2.